The SMILES string of the molecule is CCC(C)(C)C(=O)O[C@H]1C[C@@H](C)C=C2C=C[C@H](C)[C@H](CC[C@@H]3C[C@@H](O)CC(=O)O3)[C@@H]21. The Morgan fingerprint density at radius 1 is 1.27 bits per heavy atom. The maximum Gasteiger partial charge on any atom is 0.311 e. The lowest BCUT2D eigenvalue weighted by Gasteiger charge is -2.44. The van der Waals surface area contributed by atoms with Crippen molar-refractivity contribution in [1.82, 2.24) is 0 Å². The molecule has 2 aliphatic carbocycles. The van der Waals surface area contributed by atoms with Crippen LogP contribution in [0.5, 0.6) is 0 Å². The van der Waals surface area contributed by atoms with E-state index in [-0.39, 0.29) is 36.5 Å². The van der Waals surface area contributed by atoms with E-state index in [1.54, 1.807) is 0 Å². The second-order valence-corrected chi connectivity index (χ2v) is 10.3. The Bertz CT molecular complexity index is 706. The van der Waals surface area contributed by atoms with E-state index in [1.807, 2.05) is 20.8 Å². The highest BCUT2D eigenvalue weighted by molar-refractivity contribution is 5.76. The van der Waals surface area contributed by atoms with Crippen LogP contribution < -0.4 is 0 Å². The first-order chi connectivity index (χ1) is 14.1. The number of aliphatic hydroxyl groups excluding tert-OH is 1. The van der Waals surface area contributed by atoms with Crippen LogP contribution in [0.4, 0.5) is 0 Å². The predicted molar refractivity (Wildman–Crippen MR) is 115 cm³/mol. The molecule has 0 bridgehead atoms. The number of carbonyl (C=O) groups excluding carboxylic acids is 2. The second kappa shape index (κ2) is 9.25. The standard InChI is InChI=1S/C25H38O5/c1-6-25(4,5)24(28)30-21-12-15(2)11-17-8-7-16(3)20(23(17)21)10-9-19-13-18(26)14-22(27)29-19/h7-8,11,15-16,18-21,23,26H,6,9-10,12-14H2,1-5H3/t15-,16-,18+,19+,20-,21-,23+/m0/s1. The molecule has 30 heavy (non-hydrogen) atoms. The fourth-order valence-electron chi connectivity index (χ4n) is 5.08. The smallest absolute Gasteiger partial charge is 0.311 e. The van der Waals surface area contributed by atoms with Crippen LogP contribution in [0.2, 0.25) is 0 Å². The van der Waals surface area contributed by atoms with Gasteiger partial charge in [0.05, 0.1) is 17.9 Å². The van der Waals surface area contributed by atoms with Gasteiger partial charge in [-0.3, -0.25) is 9.59 Å². The number of fused-ring (bicyclic) bond motifs is 1. The molecule has 0 aromatic carbocycles. The van der Waals surface area contributed by atoms with Crippen LogP contribution >= 0.6 is 0 Å². The van der Waals surface area contributed by atoms with E-state index in [1.165, 1.54) is 5.57 Å². The van der Waals surface area contributed by atoms with Crippen LogP contribution in [-0.4, -0.2) is 35.4 Å². The monoisotopic (exact) mass is 418 g/mol. The number of aliphatic hydroxyl groups is 1. The zero-order valence-electron chi connectivity index (χ0n) is 19.1. The molecule has 1 fully saturated rings. The molecule has 0 aromatic rings. The summed E-state index contributed by atoms with van der Waals surface area (Å²) in [6.07, 6.45) is 9.61. The number of hydrogen-bond acceptors (Lipinski definition) is 5. The Morgan fingerprint density at radius 3 is 2.67 bits per heavy atom. The van der Waals surface area contributed by atoms with Crippen LogP contribution in [0, 0.1) is 29.1 Å². The molecular formula is C25H38O5. The van der Waals surface area contributed by atoms with Gasteiger partial charge in [0.25, 0.3) is 0 Å². The van der Waals surface area contributed by atoms with Gasteiger partial charge < -0.3 is 14.6 Å². The zero-order chi connectivity index (χ0) is 22.1. The summed E-state index contributed by atoms with van der Waals surface area (Å²) in [5.74, 6) is 0.776. The van der Waals surface area contributed by atoms with Gasteiger partial charge in [-0.1, -0.05) is 39.0 Å². The van der Waals surface area contributed by atoms with Gasteiger partial charge in [-0.2, -0.15) is 0 Å². The highest BCUT2D eigenvalue weighted by Gasteiger charge is 2.43. The van der Waals surface area contributed by atoms with Crippen molar-refractivity contribution >= 4 is 11.9 Å². The molecule has 3 aliphatic rings. The molecule has 3 rings (SSSR count). The summed E-state index contributed by atoms with van der Waals surface area (Å²) in [7, 11) is 0. The average Bonchev–Trinajstić information content (AvgIpc) is 2.66. The molecule has 0 amide bonds. The number of hydrogen-bond donors (Lipinski definition) is 1. The van der Waals surface area contributed by atoms with Crippen molar-refractivity contribution in [3.63, 3.8) is 0 Å². The molecule has 0 unspecified atom stereocenters. The minimum Gasteiger partial charge on any atom is -0.462 e. The molecule has 1 aliphatic heterocycles. The molecule has 1 heterocycles. The van der Waals surface area contributed by atoms with Gasteiger partial charge in [-0.15, -0.1) is 0 Å². The maximum absolute atomic E-state index is 12.9. The number of ether oxygens (including phenoxy) is 2. The molecule has 1 saturated heterocycles. The van der Waals surface area contributed by atoms with Crippen LogP contribution in [0.1, 0.15) is 73.1 Å². The van der Waals surface area contributed by atoms with Crippen molar-refractivity contribution in [2.75, 3.05) is 0 Å². The maximum atomic E-state index is 12.9. The third kappa shape index (κ3) is 5.16. The highest BCUT2D eigenvalue weighted by Crippen LogP contribution is 2.45. The van der Waals surface area contributed by atoms with Crippen molar-refractivity contribution < 1.29 is 24.2 Å². The van der Waals surface area contributed by atoms with Crippen molar-refractivity contribution in [2.24, 2.45) is 29.1 Å². The lowest BCUT2D eigenvalue weighted by molar-refractivity contribution is -0.166. The van der Waals surface area contributed by atoms with Crippen molar-refractivity contribution in [2.45, 2.75) is 91.5 Å². The van der Waals surface area contributed by atoms with Gasteiger partial charge in [0.1, 0.15) is 12.2 Å². The average molecular weight is 419 g/mol. The third-order valence-corrected chi connectivity index (χ3v) is 7.35. The number of carbonyl (C=O) groups is 2. The minimum absolute atomic E-state index is 0.0949. The van der Waals surface area contributed by atoms with Gasteiger partial charge in [0, 0.05) is 12.3 Å². The Labute approximate surface area is 180 Å². The molecular weight excluding hydrogens is 380 g/mol. The van der Waals surface area contributed by atoms with E-state index < -0.39 is 11.5 Å². The fraction of sp³-hybridized carbons (Fsp3) is 0.760. The molecule has 0 saturated carbocycles. The quantitative estimate of drug-likeness (QED) is 0.639. The molecule has 5 heteroatoms. The number of rotatable bonds is 6. The van der Waals surface area contributed by atoms with Crippen molar-refractivity contribution in [1.29, 1.82) is 0 Å². The molecule has 0 spiro atoms. The summed E-state index contributed by atoms with van der Waals surface area (Å²) in [5.41, 5.74) is 0.785. The fourth-order valence-corrected chi connectivity index (χ4v) is 5.08. The highest BCUT2D eigenvalue weighted by atomic mass is 16.6. The first-order valence-corrected chi connectivity index (χ1v) is 11.6. The first kappa shape index (κ1) is 23.1. The predicted octanol–water partition coefficient (Wildman–Crippen LogP) is 4.59. The van der Waals surface area contributed by atoms with Crippen LogP contribution in [0.3, 0.4) is 0 Å². The summed E-state index contributed by atoms with van der Waals surface area (Å²) in [5, 5.41) is 9.92. The van der Waals surface area contributed by atoms with E-state index in [0.29, 0.717) is 24.2 Å². The number of allylic oxidation sites excluding steroid dienone is 3. The lowest BCUT2D eigenvalue weighted by atomic mass is 9.65. The molecule has 1 N–H and O–H groups in total. The summed E-state index contributed by atoms with van der Waals surface area (Å²) >= 11 is 0. The Hall–Kier alpha value is -1.62. The van der Waals surface area contributed by atoms with E-state index in [2.05, 4.69) is 32.1 Å². The Morgan fingerprint density at radius 2 is 2.00 bits per heavy atom. The molecule has 5 nitrogen and oxygen atoms in total. The molecule has 0 radical (unpaired) electrons. The largest absolute Gasteiger partial charge is 0.462 e. The first-order valence-electron chi connectivity index (χ1n) is 11.6. The van der Waals surface area contributed by atoms with Crippen molar-refractivity contribution in [3.8, 4) is 0 Å². The number of cyclic esters (lactones) is 1. The molecule has 168 valence electrons. The van der Waals surface area contributed by atoms with E-state index >= 15 is 0 Å². The summed E-state index contributed by atoms with van der Waals surface area (Å²) in [4.78, 5) is 24.6. The van der Waals surface area contributed by atoms with Crippen LogP contribution in [0.15, 0.2) is 23.8 Å². The normalized spacial score (nSPS) is 36.5. The van der Waals surface area contributed by atoms with Gasteiger partial charge >= 0.3 is 11.9 Å². The zero-order valence-corrected chi connectivity index (χ0v) is 19.1. The minimum atomic E-state index is -0.601. The van der Waals surface area contributed by atoms with Crippen LogP contribution in [0.25, 0.3) is 0 Å². The topological polar surface area (TPSA) is 72.8 Å². The van der Waals surface area contributed by atoms with E-state index in [9.17, 15) is 14.7 Å². The molecule has 7 atom stereocenters. The lowest BCUT2D eigenvalue weighted by Crippen LogP contribution is -2.43. The Kier molecular flexibility index (Phi) is 7.11. The summed E-state index contributed by atoms with van der Waals surface area (Å²) in [6.45, 7) is 10.3. The number of esters is 2. The summed E-state index contributed by atoms with van der Waals surface area (Å²) < 4.78 is 11.6. The summed E-state index contributed by atoms with van der Waals surface area (Å²) in [6, 6.07) is 0. The molecule has 0 aromatic heterocycles. The third-order valence-electron chi connectivity index (χ3n) is 7.35. The van der Waals surface area contributed by atoms with Gasteiger partial charge in [0.15, 0.2) is 0 Å². The van der Waals surface area contributed by atoms with Gasteiger partial charge in [-0.05, 0) is 62.9 Å². The van der Waals surface area contributed by atoms with Crippen molar-refractivity contribution in [3.05, 3.63) is 23.8 Å². The second-order valence-electron chi connectivity index (χ2n) is 10.3. The van der Waals surface area contributed by atoms with Gasteiger partial charge in [-0.25, -0.2) is 0 Å². The van der Waals surface area contributed by atoms with Gasteiger partial charge in [0.2, 0.25) is 0 Å². The Balaban J connectivity index is 1.76. The van der Waals surface area contributed by atoms with E-state index in [4.69, 9.17) is 9.47 Å². The van der Waals surface area contributed by atoms with Crippen LogP contribution in [-0.2, 0) is 19.1 Å². The van der Waals surface area contributed by atoms with E-state index in [0.717, 1.165) is 25.7 Å².